The predicted molar refractivity (Wildman–Crippen MR) is 164 cm³/mol. The monoisotopic (exact) mass is 589 g/mol. The molecule has 0 bridgehead atoms. The van der Waals surface area contributed by atoms with Gasteiger partial charge >= 0.3 is 6.03 Å². The number of hydrogen-bond donors (Lipinski definition) is 3. The van der Waals surface area contributed by atoms with E-state index in [0.29, 0.717) is 13.1 Å². The Bertz CT molecular complexity index is 1360. The smallest absolute Gasteiger partial charge is 0.315 e. The van der Waals surface area contributed by atoms with Crippen LogP contribution >= 0.6 is 0 Å². The molecule has 43 heavy (non-hydrogen) atoms. The summed E-state index contributed by atoms with van der Waals surface area (Å²) in [6.07, 6.45) is 0.115. The van der Waals surface area contributed by atoms with Crippen LogP contribution < -0.4 is 20.1 Å². The second kappa shape index (κ2) is 14.2. The van der Waals surface area contributed by atoms with Crippen LogP contribution in [0.3, 0.4) is 0 Å². The van der Waals surface area contributed by atoms with Gasteiger partial charge in [0, 0.05) is 44.2 Å². The summed E-state index contributed by atoms with van der Waals surface area (Å²) in [5, 5.41) is 15.2. The van der Waals surface area contributed by atoms with Crippen LogP contribution in [0.15, 0.2) is 60.7 Å². The van der Waals surface area contributed by atoms with Gasteiger partial charge in [-0.2, -0.15) is 0 Å². The number of aliphatic hydroxyl groups excluding tert-OH is 1. The summed E-state index contributed by atoms with van der Waals surface area (Å²) in [6.45, 7) is 7.58. The molecule has 3 aromatic rings. The Kier molecular flexibility index (Phi) is 10.2. The summed E-state index contributed by atoms with van der Waals surface area (Å²) in [7, 11) is 3.34. The number of nitrogens with one attached hydrogen (secondary N) is 2. The maximum Gasteiger partial charge on any atom is 0.315 e. The SMILES string of the molecule is CCNC(=O)NCc1ccc([C@H]2O[C@@H](CN3CCc4cc(OC)c(OC)cc4C3)[C@@H](C)[C@@H](c3ccc(CO)cc3)O2)cc1. The van der Waals surface area contributed by atoms with Crippen LogP contribution in [0.25, 0.3) is 0 Å². The van der Waals surface area contributed by atoms with Gasteiger partial charge in [0.15, 0.2) is 17.8 Å². The van der Waals surface area contributed by atoms with Gasteiger partial charge in [-0.15, -0.1) is 0 Å². The number of benzene rings is 3. The molecule has 0 saturated carbocycles. The van der Waals surface area contributed by atoms with Gasteiger partial charge in [-0.05, 0) is 53.3 Å². The number of carbonyl (C=O) groups excluding carboxylic acids is 1. The number of fused-ring (bicyclic) bond motifs is 1. The standard InChI is InChI=1S/C34H43N3O6/c1-5-35-34(39)36-18-23-6-12-26(13-7-23)33-42-31(22(2)32(43-33)25-10-8-24(21-38)9-11-25)20-37-15-14-27-16-29(40-3)30(41-4)17-28(27)19-37/h6-13,16-17,22,31-33,38H,5,14-15,18-21H2,1-4H3,(H2,35,36,39)/t22-,31+,32+,33+/m1/s1. The molecule has 2 aliphatic rings. The Morgan fingerprint density at radius 3 is 2.23 bits per heavy atom. The topological polar surface area (TPSA) is 102 Å². The van der Waals surface area contributed by atoms with Gasteiger partial charge in [0.1, 0.15) is 0 Å². The fourth-order valence-electron chi connectivity index (χ4n) is 5.88. The highest BCUT2D eigenvalue weighted by atomic mass is 16.7. The Morgan fingerprint density at radius 1 is 0.930 bits per heavy atom. The van der Waals surface area contributed by atoms with E-state index in [1.165, 1.54) is 11.1 Å². The summed E-state index contributed by atoms with van der Waals surface area (Å²) in [4.78, 5) is 14.3. The molecule has 2 amide bonds. The van der Waals surface area contributed by atoms with E-state index in [9.17, 15) is 9.90 Å². The fourth-order valence-corrected chi connectivity index (χ4v) is 5.88. The average molecular weight is 590 g/mol. The number of rotatable bonds is 10. The number of hydrogen-bond acceptors (Lipinski definition) is 7. The predicted octanol–water partition coefficient (Wildman–Crippen LogP) is 4.86. The highest BCUT2D eigenvalue weighted by Crippen LogP contribution is 2.42. The van der Waals surface area contributed by atoms with Crippen molar-refractivity contribution in [2.45, 2.75) is 58.5 Å². The second-order valence-electron chi connectivity index (χ2n) is 11.2. The first kappa shape index (κ1) is 30.8. The number of carbonyl (C=O) groups is 1. The molecule has 1 fully saturated rings. The maximum absolute atomic E-state index is 11.8. The van der Waals surface area contributed by atoms with Crippen molar-refractivity contribution >= 4 is 6.03 Å². The molecule has 230 valence electrons. The minimum Gasteiger partial charge on any atom is -0.493 e. The molecule has 9 heteroatoms. The van der Waals surface area contributed by atoms with E-state index < -0.39 is 6.29 Å². The lowest BCUT2D eigenvalue weighted by Gasteiger charge is -2.43. The number of methoxy groups -OCH3 is 2. The summed E-state index contributed by atoms with van der Waals surface area (Å²) in [5.41, 5.74) is 6.38. The van der Waals surface area contributed by atoms with Crippen molar-refractivity contribution in [3.63, 3.8) is 0 Å². The van der Waals surface area contributed by atoms with Crippen LogP contribution in [0.4, 0.5) is 4.79 Å². The van der Waals surface area contributed by atoms with Gasteiger partial charge in [-0.1, -0.05) is 55.5 Å². The van der Waals surface area contributed by atoms with Crippen LogP contribution in [0.1, 0.15) is 59.6 Å². The maximum atomic E-state index is 11.8. The Morgan fingerprint density at radius 2 is 1.58 bits per heavy atom. The van der Waals surface area contributed by atoms with E-state index in [1.807, 2.05) is 55.5 Å². The highest BCUT2D eigenvalue weighted by Gasteiger charge is 2.39. The second-order valence-corrected chi connectivity index (χ2v) is 11.2. The first-order chi connectivity index (χ1) is 20.9. The van der Waals surface area contributed by atoms with E-state index in [-0.39, 0.29) is 30.8 Å². The summed E-state index contributed by atoms with van der Waals surface area (Å²) >= 11 is 0. The molecule has 0 aromatic heterocycles. The third-order valence-corrected chi connectivity index (χ3v) is 8.40. The molecule has 0 unspecified atom stereocenters. The summed E-state index contributed by atoms with van der Waals surface area (Å²) in [5.74, 6) is 1.60. The number of amides is 2. The molecule has 0 aliphatic carbocycles. The minimum absolute atomic E-state index is 0.00409. The van der Waals surface area contributed by atoms with Crippen molar-refractivity contribution in [2.24, 2.45) is 5.92 Å². The lowest BCUT2D eigenvalue weighted by atomic mass is 9.89. The Labute approximate surface area is 254 Å². The molecule has 4 atom stereocenters. The molecule has 9 nitrogen and oxygen atoms in total. The van der Waals surface area contributed by atoms with Crippen molar-refractivity contribution in [3.05, 3.63) is 94.0 Å². The molecule has 0 spiro atoms. The third kappa shape index (κ3) is 7.30. The van der Waals surface area contributed by atoms with E-state index in [1.54, 1.807) is 14.2 Å². The van der Waals surface area contributed by atoms with E-state index in [0.717, 1.165) is 59.8 Å². The molecular weight excluding hydrogens is 546 g/mol. The van der Waals surface area contributed by atoms with Crippen LogP contribution in [0, 0.1) is 5.92 Å². The van der Waals surface area contributed by atoms with Gasteiger partial charge < -0.3 is 34.7 Å². The molecule has 2 heterocycles. The number of ether oxygens (including phenoxy) is 4. The molecule has 1 saturated heterocycles. The van der Waals surface area contributed by atoms with Gasteiger partial charge in [-0.25, -0.2) is 4.79 Å². The molecule has 5 rings (SSSR count). The Balaban J connectivity index is 1.34. The van der Waals surface area contributed by atoms with Crippen LogP contribution in [0.2, 0.25) is 0 Å². The lowest BCUT2D eigenvalue weighted by Crippen LogP contribution is -2.45. The molecule has 2 aliphatic heterocycles. The van der Waals surface area contributed by atoms with Gasteiger partial charge in [-0.3, -0.25) is 4.90 Å². The van der Waals surface area contributed by atoms with Crippen LogP contribution in [-0.2, 0) is 35.6 Å². The van der Waals surface area contributed by atoms with Gasteiger partial charge in [0.25, 0.3) is 0 Å². The molecule has 3 N–H and O–H groups in total. The van der Waals surface area contributed by atoms with E-state index in [2.05, 4.69) is 34.6 Å². The average Bonchev–Trinajstić information content (AvgIpc) is 3.04. The Hall–Kier alpha value is -3.63. The van der Waals surface area contributed by atoms with Crippen molar-refractivity contribution in [2.75, 3.05) is 33.9 Å². The lowest BCUT2D eigenvalue weighted by molar-refractivity contribution is -0.276. The van der Waals surface area contributed by atoms with Crippen molar-refractivity contribution in [3.8, 4) is 11.5 Å². The minimum atomic E-state index is -0.546. The number of urea groups is 1. The number of nitrogens with zero attached hydrogens (tertiary/aromatic N) is 1. The van der Waals surface area contributed by atoms with Crippen molar-refractivity contribution in [1.82, 2.24) is 15.5 Å². The first-order valence-electron chi connectivity index (χ1n) is 15.0. The first-order valence-corrected chi connectivity index (χ1v) is 15.0. The summed E-state index contributed by atoms with van der Waals surface area (Å²) in [6, 6.07) is 20.0. The zero-order valence-electron chi connectivity index (χ0n) is 25.5. The fraction of sp³-hybridized carbons (Fsp3) is 0.441. The molecule has 0 radical (unpaired) electrons. The molecule has 3 aromatic carbocycles. The summed E-state index contributed by atoms with van der Waals surface area (Å²) < 4.78 is 24.4. The van der Waals surface area contributed by atoms with Crippen molar-refractivity contribution < 1.29 is 28.8 Å². The van der Waals surface area contributed by atoms with Crippen molar-refractivity contribution in [1.29, 1.82) is 0 Å². The normalized spacial score (nSPS) is 22.0. The number of aliphatic hydroxyl groups is 1. The zero-order chi connectivity index (χ0) is 30.3. The van der Waals surface area contributed by atoms with Gasteiger partial charge in [0.05, 0.1) is 33.0 Å². The molecular formula is C34H43N3O6. The third-order valence-electron chi connectivity index (χ3n) is 8.40. The zero-order valence-corrected chi connectivity index (χ0v) is 25.5. The van der Waals surface area contributed by atoms with Gasteiger partial charge in [0.2, 0.25) is 0 Å². The quantitative estimate of drug-likeness (QED) is 0.310. The van der Waals surface area contributed by atoms with Crippen LogP contribution in [0.5, 0.6) is 11.5 Å². The largest absolute Gasteiger partial charge is 0.493 e. The van der Waals surface area contributed by atoms with Crippen LogP contribution in [-0.4, -0.2) is 56.0 Å². The highest BCUT2D eigenvalue weighted by molar-refractivity contribution is 5.73. The van der Waals surface area contributed by atoms with E-state index >= 15 is 0 Å². The van der Waals surface area contributed by atoms with E-state index in [4.69, 9.17) is 18.9 Å².